The number of carbonyl (C=O) groups is 2. The summed E-state index contributed by atoms with van der Waals surface area (Å²) in [7, 11) is -2.09. The lowest BCUT2D eigenvalue weighted by Crippen LogP contribution is -2.59. The Bertz CT molecular complexity index is 1060. The summed E-state index contributed by atoms with van der Waals surface area (Å²) in [5.41, 5.74) is 4.81. The zero-order valence-electron chi connectivity index (χ0n) is 24.2. The first-order valence-electron chi connectivity index (χ1n) is 13.7. The maximum absolute atomic E-state index is 14.3. The summed E-state index contributed by atoms with van der Waals surface area (Å²) in [6.45, 7) is 8.34. The quantitative estimate of drug-likeness (QED) is 0.0792. The van der Waals surface area contributed by atoms with Crippen LogP contribution in [-0.4, -0.2) is 80.3 Å². The highest BCUT2D eigenvalue weighted by Crippen LogP contribution is 2.36. The molecule has 1 heterocycles. The second-order valence-electron chi connectivity index (χ2n) is 11.4. The van der Waals surface area contributed by atoms with E-state index in [1.165, 1.54) is 0 Å². The van der Waals surface area contributed by atoms with Crippen molar-refractivity contribution in [1.82, 2.24) is 10.9 Å². The Morgan fingerprint density at radius 3 is 2.35 bits per heavy atom. The van der Waals surface area contributed by atoms with Gasteiger partial charge in [-0.05, 0) is 30.7 Å². The summed E-state index contributed by atoms with van der Waals surface area (Å²) >= 11 is 0. The van der Waals surface area contributed by atoms with Gasteiger partial charge in [0.05, 0.1) is 38.5 Å². The predicted molar refractivity (Wildman–Crippen MR) is 159 cm³/mol. The first-order valence-corrected chi connectivity index (χ1v) is 15.4. The smallest absolute Gasteiger partial charge is 0.255 e. The number of allylic oxidation sites excluding steroid dienone is 1. The largest absolute Gasteiger partial charge is 0.370 e. The molecule has 0 spiro atoms. The Hall–Kier alpha value is -2.02. The molecule has 0 aromatic heterocycles. The van der Waals surface area contributed by atoms with Crippen LogP contribution in [0.1, 0.15) is 52.0 Å². The van der Waals surface area contributed by atoms with Crippen LogP contribution in [0.3, 0.4) is 0 Å². The van der Waals surface area contributed by atoms with Gasteiger partial charge in [0.15, 0.2) is 14.6 Å². The van der Waals surface area contributed by atoms with Gasteiger partial charge < -0.3 is 9.22 Å². The summed E-state index contributed by atoms with van der Waals surface area (Å²) in [5, 5.41) is 9.65. The molecule has 0 bridgehead atoms. The van der Waals surface area contributed by atoms with Crippen molar-refractivity contribution in [3.05, 3.63) is 42.0 Å². The molecule has 1 aromatic rings. The van der Waals surface area contributed by atoms with Crippen LogP contribution in [0.4, 0.5) is 0 Å². The molecule has 1 saturated heterocycles. The number of likely N-dealkylation sites (N-methyl/N-ethyl adjacent to an activating group) is 1. The van der Waals surface area contributed by atoms with Gasteiger partial charge >= 0.3 is 0 Å². The predicted octanol–water partition coefficient (Wildman–Crippen LogP) is 2.72. The van der Waals surface area contributed by atoms with E-state index in [0.717, 1.165) is 5.56 Å². The first-order chi connectivity index (χ1) is 18.4. The molecule has 0 aliphatic carbocycles. The van der Waals surface area contributed by atoms with Crippen molar-refractivity contribution < 1.29 is 32.4 Å². The summed E-state index contributed by atoms with van der Waals surface area (Å²) < 4.78 is 32.9. The minimum atomic E-state index is -4.11. The van der Waals surface area contributed by atoms with E-state index in [-0.39, 0.29) is 43.3 Å². The molecule has 1 fully saturated rings. The van der Waals surface area contributed by atoms with Gasteiger partial charge in [-0.25, -0.2) is 19.7 Å². The van der Waals surface area contributed by atoms with Crippen LogP contribution in [0.5, 0.6) is 0 Å². The monoisotopic (exact) mass is 603 g/mol. The average Bonchev–Trinajstić information content (AvgIpc) is 2.90. The third-order valence-electron chi connectivity index (χ3n) is 7.71. The maximum Gasteiger partial charge on any atom is 0.255 e. The fraction of sp³-hybridized carbons (Fsp3) is 0.643. The molecular weight excluding hydrogens is 556 g/mol. The first kappa shape index (κ1) is 36.0. The second kappa shape index (κ2) is 16.4. The number of hydrogen-bond acceptors (Lipinski definition) is 7. The number of ether oxygens (including phenoxy) is 1. The molecule has 12 heteroatoms. The van der Waals surface area contributed by atoms with Crippen molar-refractivity contribution >= 4 is 40.1 Å². The highest BCUT2D eigenvalue weighted by atomic mass is 35.5. The molecule has 228 valence electrons. The van der Waals surface area contributed by atoms with Gasteiger partial charge in [-0.3, -0.25) is 20.2 Å². The molecule has 1 unspecified atom stereocenters. The van der Waals surface area contributed by atoms with Gasteiger partial charge in [0.2, 0.25) is 5.91 Å². The Morgan fingerprint density at radius 2 is 1.82 bits per heavy atom. The van der Waals surface area contributed by atoms with Gasteiger partial charge in [0.1, 0.15) is 13.1 Å². The van der Waals surface area contributed by atoms with E-state index < -0.39 is 38.2 Å². The van der Waals surface area contributed by atoms with Crippen molar-refractivity contribution in [1.29, 1.82) is 0 Å². The van der Waals surface area contributed by atoms with E-state index >= 15 is 0 Å². The number of halogens is 1. The second-order valence-corrected chi connectivity index (χ2v) is 13.7. The molecular formula is C28H48ClN4O6S+. The van der Waals surface area contributed by atoms with E-state index in [1.54, 1.807) is 5.48 Å². The summed E-state index contributed by atoms with van der Waals surface area (Å²) in [6, 6.07) is 9.57. The topological polar surface area (TPSA) is 148 Å². The Kier molecular flexibility index (Phi) is 14.8. The molecule has 0 radical (unpaired) electrons. The number of quaternary nitrogens is 1. The molecule has 2 amide bonds. The number of amides is 2. The highest BCUT2D eigenvalue weighted by molar-refractivity contribution is 7.93. The number of hydrazine groups is 1. The van der Waals surface area contributed by atoms with Gasteiger partial charge in [-0.2, -0.15) is 0 Å². The molecule has 1 aromatic carbocycles. The lowest BCUT2D eigenvalue weighted by molar-refractivity contribution is -0.920. The molecule has 2 rings (SSSR count). The number of hydrogen-bond donors (Lipinski definition) is 4. The maximum atomic E-state index is 14.3. The molecule has 1 aliphatic heterocycles. The Labute approximate surface area is 245 Å². The van der Waals surface area contributed by atoms with Crippen LogP contribution in [-0.2, 0) is 24.2 Å². The number of benzene rings is 1. The van der Waals surface area contributed by atoms with E-state index in [0.29, 0.717) is 43.8 Å². The SMILES string of the molecule is CCCC(CC(C)C)(C(=O)NN)S(=O)(=O)C[C@@H](C[N+]1(C)CCOCC1)[C@H](C/C=C/c1ccccc1)C(=O)NO.Cl. The fourth-order valence-corrected chi connectivity index (χ4v) is 8.37. The number of nitrogens with one attached hydrogen (secondary N) is 2. The number of carbonyl (C=O) groups excluding carboxylic acids is 2. The van der Waals surface area contributed by atoms with Crippen LogP contribution < -0.4 is 16.7 Å². The van der Waals surface area contributed by atoms with Gasteiger partial charge in [-0.1, -0.05) is 69.7 Å². The molecule has 0 saturated carbocycles. The van der Waals surface area contributed by atoms with Gasteiger partial charge in [0, 0.05) is 5.92 Å². The fourth-order valence-electron chi connectivity index (χ4n) is 5.71. The number of nitrogens with two attached hydrogens (primary N) is 1. The van der Waals surface area contributed by atoms with Crippen LogP contribution in [0.15, 0.2) is 36.4 Å². The molecule has 40 heavy (non-hydrogen) atoms. The van der Waals surface area contributed by atoms with Crippen molar-refractivity contribution in [3.63, 3.8) is 0 Å². The van der Waals surface area contributed by atoms with E-state index in [9.17, 15) is 23.2 Å². The number of nitrogens with zero attached hydrogens (tertiary/aromatic N) is 1. The minimum Gasteiger partial charge on any atom is -0.370 e. The molecule has 1 aliphatic rings. The molecule has 10 nitrogen and oxygen atoms in total. The third-order valence-corrected chi connectivity index (χ3v) is 10.3. The van der Waals surface area contributed by atoms with Gasteiger partial charge in [-0.15, -0.1) is 12.4 Å². The third kappa shape index (κ3) is 9.53. The summed E-state index contributed by atoms with van der Waals surface area (Å²) in [6.07, 6.45) is 4.61. The van der Waals surface area contributed by atoms with Crippen molar-refractivity contribution in [3.8, 4) is 0 Å². The van der Waals surface area contributed by atoms with Crippen LogP contribution in [0.2, 0.25) is 0 Å². The van der Waals surface area contributed by atoms with Crippen molar-refractivity contribution in [2.24, 2.45) is 23.6 Å². The van der Waals surface area contributed by atoms with Crippen LogP contribution in [0, 0.1) is 17.8 Å². The van der Waals surface area contributed by atoms with Crippen LogP contribution >= 0.6 is 12.4 Å². The normalized spacial score (nSPS) is 18.4. The van der Waals surface area contributed by atoms with E-state index in [4.69, 9.17) is 10.6 Å². The lowest BCUT2D eigenvalue weighted by atomic mass is 9.88. The Balaban J connectivity index is 0.00000800. The summed E-state index contributed by atoms with van der Waals surface area (Å²) in [4.78, 5) is 26.2. The lowest BCUT2D eigenvalue weighted by Gasteiger charge is -2.42. The number of morpholine rings is 1. The highest BCUT2D eigenvalue weighted by Gasteiger charge is 2.52. The van der Waals surface area contributed by atoms with Crippen LogP contribution in [0.25, 0.3) is 6.08 Å². The van der Waals surface area contributed by atoms with Crippen molar-refractivity contribution in [2.45, 2.75) is 51.2 Å². The van der Waals surface area contributed by atoms with E-state index in [1.807, 2.05) is 70.3 Å². The van der Waals surface area contributed by atoms with Crippen molar-refractivity contribution in [2.75, 3.05) is 45.6 Å². The van der Waals surface area contributed by atoms with E-state index in [2.05, 4.69) is 5.43 Å². The Morgan fingerprint density at radius 1 is 1.20 bits per heavy atom. The minimum absolute atomic E-state index is 0. The zero-order valence-corrected chi connectivity index (χ0v) is 25.8. The number of sulfone groups is 1. The number of hydroxylamine groups is 1. The number of rotatable bonds is 15. The molecule has 5 N–H and O–H groups in total. The summed E-state index contributed by atoms with van der Waals surface area (Å²) in [5.74, 6) is 2.14. The molecule has 3 atom stereocenters. The average molecular weight is 604 g/mol. The van der Waals surface area contributed by atoms with Gasteiger partial charge in [0.25, 0.3) is 5.91 Å². The zero-order chi connectivity index (χ0) is 29.1. The standard InChI is InChI=1S/C28H46N4O6S.ClH/c1-5-14-28(19-22(2)3,27(34)30-29)39(36,37)21-24(20-32(4)15-17-38-18-16-32)25(26(33)31-35)13-9-12-23-10-7-6-8-11-23;/h6-12,22,24-25H,5,13-21,29H2,1-4H3,(H2-,30,31,33,34,35);1H/p+1/b12-9+;/t24-,25+,28?;/m1./s1.